The molecule has 2 N–H and O–H groups in total. The summed E-state index contributed by atoms with van der Waals surface area (Å²) in [6.45, 7) is 5.32. The van der Waals surface area contributed by atoms with Gasteiger partial charge in [-0.25, -0.2) is 5.90 Å². The zero-order valence-electron chi connectivity index (χ0n) is 7.09. The van der Waals surface area contributed by atoms with E-state index in [9.17, 15) is 0 Å². The van der Waals surface area contributed by atoms with E-state index in [0.717, 1.165) is 12.2 Å². The predicted octanol–water partition coefficient (Wildman–Crippen LogP) is 1.21. The SMILES string of the molecule is CC(C)(CON)COC1=CC1. The quantitative estimate of drug-likeness (QED) is 0.610. The van der Waals surface area contributed by atoms with Crippen molar-refractivity contribution in [2.75, 3.05) is 13.2 Å². The number of ether oxygens (including phenoxy) is 1. The monoisotopic (exact) mass is 157 g/mol. The smallest absolute Gasteiger partial charge is 0.0963 e. The number of allylic oxidation sites excluding steroid dienone is 2. The number of hydrogen-bond donors (Lipinski definition) is 1. The van der Waals surface area contributed by atoms with E-state index in [0.29, 0.717) is 13.2 Å². The van der Waals surface area contributed by atoms with Crippen LogP contribution in [0.25, 0.3) is 0 Å². The van der Waals surface area contributed by atoms with Gasteiger partial charge in [-0.15, -0.1) is 0 Å². The standard InChI is InChI=1S/C8H15NO2/c1-8(2,6-11-9)5-10-7-3-4-7/h3H,4-6,9H2,1-2H3. The van der Waals surface area contributed by atoms with Gasteiger partial charge in [0, 0.05) is 11.8 Å². The molecule has 0 atom stereocenters. The van der Waals surface area contributed by atoms with Gasteiger partial charge in [0.05, 0.1) is 19.0 Å². The number of nitrogens with two attached hydrogens (primary N) is 1. The fourth-order valence-corrected chi connectivity index (χ4v) is 0.715. The highest BCUT2D eigenvalue weighted by Crippen LogP contribution is 2.24. The van der Waals surface area contributed by atoms with E-state index in [1.54, 1.807) is 0 Å². The fraction of sp³-hybridized carbons (Fsp3) is 0.750. The first-order valence-electron chi connectivity index (χ1n) is 3.77. The fourth-order valence-electron chi connectivity index (χ4n) is 0.715. The van der Waals surface area contributed by atoms with Gasteiger partial charge in [0.15, 0.2) is 0 Å². The summed E-state index contributed by atoms with van der Waals surface area (Å²) < 4.78 is 5.40. The van der Waals surface area contributed by atoms with Crippen LogP contribution in [-0.2, 0) is 9.57 Å². The first kappa shape index (κ1) is 8.56. The predicted molar refractivity (Wildman–Crippen MR) is 42.6 cm³/mol. The molecule has 0 aromatic heterocycles. The van der Waals surface area contributed by atoms with Crippen molar-refractivity contribution in [2.45, 2.75) is 20.3 Å². The molecule has 0 aliphatic heterocycles. The molecule has 3 heteroatoms. The van der Waals surface area contributed by atoms with Gasteiger partial charge in [-0.05, 0) is 6.08 Å². The highest BCUT2D eigenvalue weighted by molar-refractivity contribution is 5.14. The van der Waals surface area contributed by atoms with Gasteiger partial charge in [0.25, 0.3) is 0 Å². The summed E-state index contributed by atoms with van der Waals surface area (Å²) in [5, 5.41) is 0. The molecule has 1 rings (SSSR count). The Kier molecular flexibility index (Phi) is 2.52. The number of rotatable bonds is 5. The summed E-state index contributed by atoms with van der Waals surface area (Å²) in [5.74, 6) is 6.06. The molecule has 1 aliphatic rings. The molecule has 11 heavy (non-hydrogen) atoms. The second-order valence-electron chi connectivity index (χ2n) is 3.64. The van der Waals surface area contributed by atoms with Crippen LogP contribution in [0.1, 0.15) is 20.3 Å². The maximum atomic E-state index is 5.40. The molecule has 0 unspecified atom stereocenters. The van der Waals surface area contributed by atoms with Crippen LogP contribution in [0.4, 0.5) is 0 Å². The van der Waals surface area contributed by atoms with Gasteiger partial charge in [-0.2, -0.15) is 0 Å². The van der Waals surface area contributed by atoms with Crippen LogP contribution in [-0.4, -0.2) is 13.2 Å². The largest absolute Gasteiger partial charge is 0.497 e. The van der Waals surface area contributed by atoms with Gasteiger partial charge < -0.3 is 9.57 Å². The van der Waals surface area contributed by atoms with Gasteiger partial charge >= 0.3 is 0 Å². The first-order chi connectivity index (χ1) is 5.14. The lowest BCUT2D eigenvalue weighted by molar-refractivity contribution is 0.0188. The Morgan fingerprint density at radius 1 is 1.55 bits per heavy atom. The highest BCUT2D eigenvalue weighted by atomic mass is 16.6. The van der Waals surface area contributed by atoms with Gasteiger partial charge in [0.1, 0.15) is 0 Å². The molecule has 0 radical (unpaired) electrons. The third kappa shape index (κ3) is 3.39. The maximum absolute atomic E-state index is 5.40. The summed E-state index contributed by atoms with van der Waals surface area (Å²) in [7, 11) is 0. The average Bonchev–Trinajstić information content (AvgIpc) is 2.65. The molecule has 64 valence electrons. The van der Waals surface area contributed by atoms with Crippen LogP contribution in [0.2, 0.25) is 0 Å². The lowest BCUT2D eigenvalue weighted by Crippen LogP contribution is -2.26. The average molecular weight is 157 g/mol. The molecule has 0 saturated carbocycles. The van der Waals surface area contributed by atoms with E-state index in [1.807, 2.05) is 0 Å². The molecule has 0 heterocycles. The molecule has 0 spiro atoms. The van der Waals surface area contributed by atoms with E-state index in [-0.39, 0.29) is 5.41 Å². The van der Waals surface area contributed by atoms with Gasteiger partial charge in [0.2, 0.25) is 0 Å². The summed E-state index contributed by atoms with van der Waals surface area (Å²) in [4.78, 5) is 4.56. The molecular formula is C8H15NO2. The zero-order valence-corrected chi connectivity index (χ0v) is 7.09. The molecule has 0 amide bonds. The van der Waals surface area contributed by atoms with Crippen molar-refractivity contribution in [3.63, 3.8) is 0 Å². The molecule has 0 saturated heterocycles. The Bertz CT molecular complexity index is 163. The number of hydrogen-bond acceptors (Lipinski definition) is 3. The first-order valence-corrected chi connectivity index (χ1v) is 3.77. The minimum Gasteiger partial charge on any atom is -0.497 e. The lowest BCUT2D eigenvalue weighted by Gasteiger charge is -2.22. The van der Waals surface area contributed by atoms with E-state index >= 15 is 0 Å². The summed E-state index contributed by atoms with van der Waals surface area (Å²) in [5.41, 5.74) is 0.0121. The van der Waals surface area contributed by atoms with Crippen molar-refractivity contribution >= 4 is 0 Å². The molecule has 0 aromatic rings. The van der Waals surface area contributed by atoms with E-state index in [4.69, 9.17) is 10.6 Å². The lowest BCUT2D eigenvalue weighted by atomic mass is 9.97. The Labute approximate surface area is 67.1 Å². The molecule has 3 nitrogen and oxygen atoms in total. The third-order valence-electron chi connectivity index (χ3n) is 1.49. The van der Waals surface area contributed by atoms with Crippen molar-refractivity contribution in [3.05, 3.63) is 11.8 Å². The summed E-state index contributed by atoms with van der Waals surface area (Å²) >= 11 is 0. The normalized spacial score (nSPS) is 16.1. The third-order valence-corrected chi connectivity index (χ3v) is 1.49. The summed E-state index contributed by atoms with van der Waals surface area (Å²) in [6, 6.07) is 0. The van der Waals surface area contributed by atoms with Crippen molar-refractivity contribution < 1.29 is 9.57 Å². The van der Waals surface area contributed by atoms with Crippen LogP contribution < -0.4 is 5.90 Å². The van der Waals surface area contributed by atoms with Crippen LogP contribution in [0.3, 0.4) is 0 Å². The molecule has 0 aromatic carbocycles. The summed E-state index contributed by atoms with van der Waals surface area (Å²) in [6.07, 6.45) is 3.07. The second-order valence-corrected chi connectivity index (χ2v) is 3.64. The molecular weight excluding hydrogens is 142 g/mol. The van der Waals surface area contributed by atoms with Crippen molar-refractivity contribution in [3.8, 4) is 0 Å². The maximum Gasteiger partial charge on any atom is 0.0963 e. The van der Waals surface area contributed by atoms with E-state index < -0.39 is 0 Å². The minimum absolute atomic E-state index is 0.0121. The topological polar surface area (TPSA) is 44.5 Å². The van der Waals surface area contributed by atoms with Gasteiger partial charge in [-0.1, -0.05) is 13.8 Å². The van der Waals surface area contributed by atoms with Crippen LogP contribution >= 0.6 is 0 Å². The van der Waals surface area contributed by atoms with E-state index in [2.05, 4.69) is 24.8 Å². The van der Waals surface area contributed by atoms with Crippen LogP contribution in [0.5, 0.6) is 0 Å². The van der Waals surface area contributed by atoms with Crippen molar-refractivity contribution in [1.82, 2.24) is 0 Å². The van der Waals surface area contributed by atoms with Crippen molar-refractivity contribution in [2.24, 2.45) is 11.3 Å². The van der Waals surface area contributed by atoms with Gasteiger partial charge in [-0.3, -0.25) is 0 Å². The minimum atomic E-state index is 0.0121. The van der Waals surface area contributed by atoms with Crippen LogP contribution in [0, 0.1) is 5.41 Å². The Morgan fingerprint density at radius 3 is 2.64 bits per heavy atom. The Hall–Kier alpha value is -0.540. The second kappa shape index (κ2) is 3.24. The Balaban J connectivity index is 2.15. The Morgan fingerprint density at radius 2 is 2.18 bits per heavy atom. The van der Waals surface area contributed by atoms with E-state index in [1.165, 1.54) is 0 Å². The molecule has 0 fully saturated rings. The molecule has 0 bridgehead atoms. The van der Waals surface area contributed by atoms with Crippen molar-refractivity contribution in [1.29, 1.82) is 0 Å². The molecule has 1 aliphatic carbocycles. The highest BCUT2D eigenvalue weighted by Gasteiger charge is 2.21. The zero-order chi connectivity index (χ0) is 8.32. The van der Waals surface area contributed by atoms with Crippen LogP contribution in [0.15, 0.2) is 11.8 Å².